The first-order chi connectivity index (χ1) is 7.06. The summed E-state index contributed by atoms with van der Waals surface area (Å²) in [6.07, 6.45) is 1.41. The van der Waals surface area contributed by atoms with Gasteiger partial charge in [0.05, 0.1) is 6.10 Å². The van der Waals surface area contributed by atoms with Crippen LogP contribution in [-0.2, 0) is 0 Å². The van der Waals surface area contributed by atoms with Crippen LogP contribution in [0.15, 0.2) is 35.3 Å². The van der Waals surface area contributed by atoms with E-state index in [1.54, 1.807) is 6.92 Å². The Balaban J connectivity index is 2.95. The molecule has 0 aliphatic carbocycles. The van der Waals surface area contributed by atoms with Crippen molar-refractivity contribution in [2.75, 3.05) is 18.5 Å². The fraction of sp³-hybridized carbons (Fsp3) is 0.333. The Bertz CT molecular complexity index is 349. The number of rotatable bonds is 4. The number of hydrogen-bond donors (Lipinski definition) is 1. The van der Waals surface area contributed by atoms with Crippen molar-refractivity contribution < 1.29 is 5.11 Å². The average molecular weight is 270 g/mol. The van der Waals surface area contributed by atoms with Gasteiger partial charge < -0.3 is 10.0 Å². The first-order valence-electron chi connectivity index (χ1n) is 4.85. The van der Waals surface area contributed by atoms with Crippen LogP contribution in [0.25, 0.3) is 0 Å². The van der Waals surface area contributed by atoms with Crippen molar-refractivity contribution in [1.82, 2.24) is 0 Å². The van der Waals surface area contributed by atoms with Crippen molar-refractivity contribution in [1.29, 1.82) is 0 Å². The number of benzene rings is 1. The van der Waals surface area contributed by atoms with Gasteiger partial charge in [0.25, 0.3) is 0 Å². The summed E-state index contributed by atoms with van der Waals surface area (Å²) in [5, 5.41) is 9.48. The molecular weight excluding hydrogens is 254 g/mol. The van der Waals surface area contributed by atoms with Gasteiger partial charge in [-0.05, 0) is 24.6 Å². The summed E-state index contributed by atoms with van der Waals surface area (Å²) in [4.78, 5) is 2.09. The Morgan fingerprint density at radius 1 is 1.60 bits per heavy atom. The number of anilines is 1. The molecule has 1 aromatic rings. The predicted molar refractivity (Wildman–Crippen MR) is 68.2 cm³/mol. The average Bonchev–Trinajstić information content (AvgIpc) is 2.17. The highest BCUT2D eigenvalue weighted by Gasteiger charge is 2.07. The molecule has 82 valence electrons. The number of nitrogens with zero attached hydrogens (tertiary/aromatic N) is 1. The molecule has 0 bridgehead atoms. The van der Waals surface area contributed by atoms with Crippen molar-refractivity contribution in [3.05, 3.63) is 40.9 Å². The summed E-state index contributed by atoms with van der Waals surface area (Å²) in [6.45, 7) is 6.26. The molecule has 1 rings (SSSR count). The molecule has 2 nitrogen and oxygen atoms in total. The van der Waals surface area contributed by atoms with Crippen LogP contribution in [0.3, 0.4) is 0 Å². The van der Waals surface area contributed by atoms with Crippen molar-refractivity contribution in [2.24, 2.45) is 0 Å². The number of aliphatic hydroxyl groups excluding tert-OH is 1. The zero-order valence-electron chi connectivity index (χ0n) is 9.07. The third-order valence-electron chi connectivity index (χ3n) is 2.28. The lowest BCUT2D eigenvalue weighted by Gasteiger charge is -2.18. The molecule has 0 fully saturated rings. The first-order valence-corrected chi connectivity index (χ1v) is 5.65. The summed E-state index contributed by atoms with van der Waals surface area (Å²) in [5.41, 5.74) is 2.01. The largest absolute Gasteiger partial charge is 0.389 e. The third kappa shape index (κ3) is 3.08. The van der Waals surface area contributed by atoms with E-state index < -0.39 is 6.10 Å². The summed E-state index contributed by atoms with van der Waals surface area (Å²) in [7, 11) is 2.01. The lowest BCUT2D eigenvalue weighted by Crippen LogP contribution is -2.16. The standard InChI is InChI=1S/C12H16BrNO/c1-4-7-14(3)10-5-6-11(9(2)15)12(13)8-10/h4-6,8-9,15H,1,7H2,2-3H3. The summed E-state index contributed by atoms with van der Waals surface area (Å²) >= 11 is 3.45. The number of halogens is 1. The Morgan fingerprint density at radius 2 is 2.27 bits per heavy atom. The van der Waals surface area contributed by atoms with Gasteiger partial charge >= 0.3 is 0 Å². The van der Waals surface area contributed by atoms with Gasteiger partial charge in [-0.1, -0.05) is 28.1 Å². The number of aliphatic hydroxyl groups is 1. The molecule has 0 saturated carbocycles. The van der Waals surface area contributed by atoms with E-state index in [9.17, 15) is 5.11 Å². The van der Waals surface area contributed by atoms with Crippen molar-refractivity contribution in [2.45, 2.75) is 13.0 Å². The highest BCUT2D eigenvalue weighted by Crippen LogP contribution is 2.27. The molecular formula is C12H16BrNO. The topological polar surface area (TPSA) is 23.5 Å². The van der Waals surface area contributed by atoms with E-state index in [1.165, 1.54) is 0 Å². The molecule has 1 aromatic carbocycles. The van der Waals surface area contributed by atoms with Crippen molar-refractivity contribution >= 4 is 21.6 Å². The smallest absolute Gasteiger partial charge is 0.0772 e. The van der Waals surface area contributed by atoms with Gasteiger partial charge in [0.1, 0.15) is 0 Å². The van der Waals surface area contributed by atoms with E-state index in [0.717, 1.165) is 22.3 Å². The molecule has 1 atom stereocenters. The number of likely N-dealkylation sites (N-methyl/N-ethyl adjacent to an activating group) is 1. The summed E-state index contributed by atoms with van der Waals surface area (Å²) < 4.78 is 0.936. The SMILES string of the molecule is C=CCN(C)c1ccc(C(C)O)c(Br)c1. The second-order valence-electron chi connectivity index (χ2n) is 3.55. The van der Waals surface area contributed by atoms with Gasteiger partial charge in [0.2, 0.25) is 0 Å². The monoisotopic (exact) mass is 269 g/mol. The minimum atomic E-state index is -0.446. The molecule has 0 heterocycles. The molecule has 0 aromatic heterocycles. The second kappa shape index (κ2) is 5.33. The molecule has 0 spiro atoms. The van der Waals surface area contributed by atoms with Gasteiger partial charge in [-0.15, -0.1) is 6.58 Å². The van der Waals surface area contributed by atoms with E-state index in [4.69, 9.17) is 0 Å². The summed E-state index contributed by atoms with van der Waals surface area (Å²) in [6, 6.07) is 5.94. The van der Waals surface area contributed by atoms with Crippen LogP contribution in [0.5, 0.6) is 0 Å². The zero-order valence-corrected chi connectivity index (χ0v) is 10.7. The number of hydrogen-bond acceptors (Lipinski definition) is 2. The van der Waals surface area contributed by atoms with Gasteiger partial charge in [0.15, 0.2) is 0 Å². The zero-order chi connectivity index (χ0) is 11.4. The maximum Gasteiger partial charge on any atom is 0.0772 e. The van der Waals surface area contributed by atoms with Crippen LogP contribution < -0.4 is 4.90 Å². The molecule has 1 unspecified atom stereocenters. The molecule has 0 aliphatic heterocycles. The van der Waals surface area contributed by atoms with Crippen LogP contribution >= 0.6 is 15.9 Å². The van der Waals surface area contributed by atoms with Gasteiger partial charge in [0, 0.05) is 23.8 Å². The third-order valence-corrected chi connectivity index (χ3v) is 2.96. The molecule has 15 heavy (non-hydrogen) atoms. The van der Waals surface area contributed by atoms with E-state index >= 15 is 0 Å². The van der Waals surface area contributed by atoms with E-state index in [2.05, 4.69) is 27.4 Å². The van der Waals surface area contributed by atoms with Crippen LogP contribution in [0, 0.1) is 0 Å². The maximum absolute atomic E-state index is 9.48. The van der Waals surface area contributed by atoms with E-state index in [1.807, 2.05) is 31.3 Å². The van der Waals surface area contributed by atoms with E-state index in [-0.39, 0.29) is 0 Å². The molecule has 0 aliphatic rings. The molecule has 3 heteroatoms. The first kappa shape index (κ1) is 12.3. The summed E-state index contributed by atoms with van der Waals surface area (Å²) in [5.74, 6) is 0. The van der Waals surface area contributed by atoms with Crippen LogP contribution in [0.4, 0.5) is 5.69 Å². The van der Waals surface area contributed by atoms with Crippen LogP contribution in [-0.4, -0.2) is 18.7 Å². The second-order valence-corrected chi connectivity index (χ2v) is 4.41. The van der Waals surface area contributed by atoms with Gasteiger partial charge in [-0.25, -0.2) is 0 Å². The molecule has 1 N–H and O–H groups in total. The van der Waals surface area contributed by atoms with Crippen LogP contribution in [0.1, 0.15) is 18.6 Å². The highest BCUT2D eigenvalue weighted by molar-refractivity contribution is 9.10. The van der Waals surface area contributed by atoms with Gasteiger partial charge in [-0.3, -0.25) is 0 Å². The molecule has 0 radical (unpaired) electrons. The normalized spacial score (nSPS) is 12.3. The Labute approximate surface area is 99.4 Å². The molecule has 0 amide bonds. The lowest BCUT2D eigenvalue weighted by atomic mass is 10.1. The molecule has 0 saturated heterocycles. The fourth-order valence-corrected chi connectivity index (χ4v) is 2.09. The Morgan fingerprint density at radius 3 is 2.73 bits per heavy atom. The van der Waals surface area contributed by atoms with Crippen molar-refractivity contribution in [3.63, 3.8) is 0 Å². The lowest BCUT2D eigenvalue weighted by molar-refractivity contribution is 0.198. The van der Waals surface area contributed by atoms with Gasteiger partial charge in [-0.2, -0.15) is 0 Å². The fourth-order valence-electron chi connectivity index (χ4n) is 1.39. The maximum atomic E-state index is 9.48. The minimum absolute atomic E-state index is 0.446. The highest BCUT2D eigenvalue weighted by atomic mass is 79.9. The quantitative estimate of drug-likeness (QED) is 0.850. The van der Waals surface area contributed by atoms with E-state index in [0.29, 0.717) is 0 Å². The Hall–Kier alpha value is -0.800. The van der Waals surface area contributed by atoms with Crippen molar-refractivity contribution in [3.8, 4) is 0 Å². The minimum Gasteiger partial charge on any atom is -0.389 e. The Kier molecular flexibility index (Phi) is 4.36. The predicted octanol–water partition coefficient (Wildman–Crippen LogP) is 3.12. The van der Waals surface area contributed by atoms with Crippen LogP contribution in [0.2, 0.25) is 0 Å².